The van der Waals surface area contributed by atoms with Gasteiger partial charge in [-0.15, -0.1) is 0 Å². The quantitative estimate of drug-likeness (QED) is 0.161. The Bertz CT molecular complexity index is 1080. The molecule has 0 N–H and O–H groups in total. The van der Waals surface area contributed by atoms with Gasteiger partial charge >= 0.3 is 6.11 Å². The lowest BCUT2D eigenvalue weighted by Crippen LogP contribution is -2.25. The van der Waals surface area contributed by atoms with Crippen molar-refractivity contribution in [3.05, 3.63) is 89.0 Å². The fraction of sp³-hybridized carbons (Fsp3) is 0.400. The van der Waals surface area contributed by atoms with Crippen LogP contribution in [0, 0.1) is 18.6 Å². The van der Waals surface area contributed by atoms with Crippen molar-refractivity contribution in [1.82, 2.24) is 0 Å². The molecule has 0 atom stereocenters. The summed E-state index contributed by atoms with van der Waals surface area (Å²) in [6.07, 6.45) is 6.29. The maximum atomic E-state index is 14.9. The number of alkyl halides is 2. The van der Waals surface area contributed by atoms with E-state index in [1.165, 1.54) is 50.7 Å². The van der Waals surface area contributed by atoms with Crippen LogP contribution in [0.5, 0.6) is 17.2 Å². The number of rotatable bonds is 14. The molecule has 0 bridgehead atoms. The predicted octanol–water partition coefficient (Wildman–Crippen LogP) is 9.88. The minimum absolute atomic E-state index is 0.177. The summed E-state index contributed by atoms with van der Waals surface area (Å²) in [6, 6.07) is 14.5. The van der Waals surface area contributed by atoms with Gasteiger partial charge in [-0.3, -0.25) is 0 Å². The van der Waals surface area contributed by atoms with Crippen LogP contribution in [-0.2, 0) is 12.5 Å². The second-order valence-corrected chi connectivity index (χ2v) is 9.14. The van der Waals surface area contributed by atoms with Gasteiger partial charge in [0.2, 0.25) is 0 Å². The first-order valence-electron chi connectivity index (χ1n) is 12.7. The van der Waals surface area contributed by atoms with Crippen molar-refractivity contribution in [2.24, 2.45) is 0 Å². The zero-order valence-corrected chi connectivity index (χ0v) is 21.0. The summed E-state index contributed by atoms with van der Waals surface area (Å²) in [6.45, 7) is 4.06. The standard InChI is InChI=1S/C30H34F4O2/c1-3-4-5-6-7-8-9-10-11-23-14-18-25(19-15-23)36-30(33,34)28-26(31)20-21-27(29(28)32)35-24-16-12-22(2)13-17-24/h12-21H,3-11H2,1-2H3. The highest BCUT2D eigenvalue weighted by Crippen LogP contribution is 2.39. The van der Waals surface area contributed by atoms with E-state index in [9.17, 15) is 17.6 Å². The minimum atomic E-state index is -4.24. The molecule has 0 radical (unpaired) electrons. The molecule has 0 heterocycles. The Morgan fingerprint density at radius 2 is 1.28 bits per heavy atom. The van der Waals surface area contributed by atoms with Crippen LogP contribution < -0.4 is 9.47 Å². The summed E-state index contributed by atoms with van der Waals surface area (Å²) in [4.78, 5) is 0. The van der Waals surface area contributed by atoms with Crippen LogP contribution in [0.2, 0.25) is 0 Å². The van der Waals surface area contributed by atoms with Crippen molar-refractivity contribution in [2.75, 3.05) is 0 Å². The molecule has 0 saturated heterocycles. The summed E-state index contributed by atoms with van der Waals surface area (Å²) in [7, 11) is 0. The van der Waals surface area contributed by atoms with Gasteiger partial charge in [0.25, 0.3) is 0 Å². The van der Waals surface area contributed by atoms with Crippen LogP contribution in [0.1, 0.15) is 75.0 Å². The van der Waals surface area contributed by atoms with Crippen LogP contribution in [0.15, 0.2) is 60.7 Å². The Balaban J connectivity index is 1.59. The molecule has 0 spiro atoms. The van der Waals surface area contributed by atoms with Crippen LogP contribution in [-0.4, -0.2) is 0 Å². The van der Waals surface area contributed by atoms with E-state index in [1.54, 1.807) is 36.4 Å². The lowest BCUT2D eigenvalue weighted by molar-refractivity contribution is -0.189. The van der Waals surface area contributed by atoms with E-state index >= 15 is 0 Å². The Morgan fingerprint density at radius 3 is 1.92 bits per heavy atom. The van der Waals surface area contributed by atoms with E-state index < -0.39 is 29.1 Å². The predicted molar refractivity (Wildman–Crippen MR) is 135 cm³/mol. The highest BCUT2D eigenvalue weighted by atomic mass is 19.3. The largest absolute Gasteiger partial charge is 0.454 e. The number of unbranched alkanes of at least 4 members (excludes halogenated alkanes) is 7. The monoisotopic (exact) mass is 502 g/mol. The number of aryl methyl sites for hydroxylation is 2. The van der Waals surface area contributed by atoms with E-state index in [1.807, 2.05) is 6.92 Å². The summed E-state index contributed by atoms with van der Waals surface area (Å²) < 4.78 is 69.1. The molecular weight excluding hydrogens is 468 g/mol. The number of hydrogen-bond donors (Lipinski definition) is 0. The van der Waals surface area contributed by atoms with Gasteiger partial charge in [0.15, 0.2) is 11.6 Å². The first-order chi connectivity index (χ1) is 17.3. The molecule has 6 heteroatoms. The maximum absolute atomic E-state index is 14.9. The highest BCUT2D eigenvalue weighted by molar-refractivity contribution is 5.39. The van der Waals surface area contributed by atoms with Gasteiger partial charge < -0.3 is 9.47 Å². The van der Waals surface area contributed by atoms with E-state index in [-0.39, 0.29) is 11.5 Å². The molecule has 0 aliphatic heterocycles. The Hall–Kier alpha value is -3.02. The average Bonchev–Trinajstić information content (AvgIpc) is 2.84. The molecular formula is C30H34F4O2. The Labute approximate surface area is 211 Å². The Kier molecular flexibility index (Phi) is 10.2. The molecule has 0 aromatic heterocycles. The summed E-state index contributed by atoms with van der Waals surface area (Å²) in [5.74, 6) is -3.37. The summed E-state index contributed by atoms with van der Waals surface area (Å²) >= 11 is 0. The summed E-state index contributed by atoms with van der Waals surface area (Å²) in [5.41, 5.74) is 0.462. The van der Waals surface area contributed by atoms with Gasteiger partial charge in [-0.2, -0.15) is 8.78 Å². The van der Waals surface area contributed by atoms with Gasteiger partial charge in [0.1, 0.15) is 22.9 Å². The molecule has 0 saturated carbocycles. The molecule has 3 rings (SSSR count). The van der Waals surface area contributed by atoms with Crippen molar-refractivity contribution >= 4 is 0 Å². The first kappa shape index (κ1) is 27.6. The Morgan fingerprint density at radius 1 is 0.694 bits per heavy atom. The summed E-state index contributed by atoms with van der Waals surface area (Å²) in [5, 5.41) is 0. The van der Waals surface area contributed by atoms with Crippen molar-refractivity contribution in [1.29, 1.82) is 0 Å². The zero-order chi connectivity index (χ0) is 26.0. The molecule has 194 valence electrons. The van der Waals surface area contributed by atoms with Crippen LogP contribution in [0.4, 0.5) is 17.6 Å². The van der Waals surface area contributed by atoms with Gasteiger partial charge in [0.05, 0.1) is 0 Å². The normalized spacial score (nSPS) is 11.5. The van der Waals surface area contributed by atoms with Crippen molar-refractivity contribution in [3.63, 3.8) is 0 Å². The second kappa shape index (κ2) is 13.3. The van der Waals surface area contributed by atoms with E-state index in [0.717, 1.165) is 42.5 Å². The third-order valence-electron chi connectivity index (χ3n) is 6.08. The fourth-order valence-corrected chi connectivity index (χ4v) is 4.00. The molecule has 2 nitrogen and oxygen atoms in total. The number of ether oxygens (including phenoxy) is 2. The van der Waals surface area contributed by atoms with Crippen molar-refractivity contribution in [3.8, 4) is 17.2 Å². The zero-order valence-electron chi connectivity index (χ0n) is 21.0. The van der Waals surface area contributed by atoms with E-state index in [0.29, 0.717) is 0 Å². The van der Waals surface area contributed by atoms with E-state index in [4.69, 9.17) is 9.47 Å². The highest BCUT2D eigenvalue weighted by Gasteiger charge is 2.42. The molecule has 36 heavy (non-hydrogen) atoms. The third kappa shape index (κ3) is 8.00. The lowest BCUT2D eigenvalue weighted by atomic mass is 10.0. The van der Waals surface area contributed by atoms with Gasteiger partial charge in [-0.1, -0.05) is 81.7 Å². The molecule has 0 aliphatic carbocycles. The van der Waals surface area contributed by atoms with Crippen molar-refractivity contribution < 1.29 is 27.0 Å². The minimum Gasteiger partial charge on any atom is -0.454 e. The molecule has 3 aromatic rings. The fourth-order valence-electron chi connectivity index (χ4n) is 4.00. The second-order valence-electron chi connectivity index (χ2n) is 9.14. The maximum Gasteiger partial charge on any atom is 0.432 e. The van der Waals surface area contributed by atoms with Crippen LogP contribution in [0.25, 0.3) is 0 Å². The average molecular weight is 503 g/mol. The molecule has 0 unspecified atom stereocenters. The lowest BCUT2D eigenvalue weighted by Gasteiger charge is -2.20. The third-order valence-corrected chi connectivity index (χ3v) is 6.08. The molecule has 3 aromatic carbocycles. The SMILES string of the molecule is CCCCCCCCCCc1ccc(OC(F)(F)c2c(F)ccc(Oc3ccc(C)cc3)c2F)cc1. The van der Waals surface area contributed by atoms with Gasteiger partial charge in [0, 0.05) is 0 Å². The van der Waals surface area contributed by atoms with Gasteiger partial charge in [-0.05, 0) is 61.7 Å². The first-order valence-corrected chi connectivity index (χ1v) is 12.7. The van der Waals surface area contributed by atoms with Gasteiger partial charge in [-0.25, -0.2) is 8.78 Å². The number of hydrogen-bond acceptors (Lipinski definition) is 2. The molecule has 0 aliphatic rings. The smallest absolute Gasteiger partial charge is 0.432 e. The number of benzene rings is 3. The van der Waals surface area contributed by atoms with Crippen molar-refractivity contribution in [2.45, 2.75) is 77.7 Å². The van der Waals surface area contributed by atoms with E-state index in [2.05, 4.69) is 6.92 Å². The molecule has 0 fully saturated rings. The molecule has 0 amide bonds. The number of halogens is 4. The van der Waals surface area contributed by atoms with Crippen LogP contribution >= 0.6 is 0 Å². The topological polar surface area (TPSA) is 18.5 Å². The van der Waals surface area contributed by atoms with Crippen LogP contribution in [0.3, 0.4) is 0 Å².